The van der Waals surface area contributed by atoms with Gasteiger partial charge in [0.05, 0.1) is 17.6 Å². The molecule has 4 aliphatic rings. The van der Waals surface area contributed by atoms with Crippen molar-refractivity contribution in [3.8, 4) is 22.9 Å². The first-order chi connectivity index (χ1) is 24.0. The van der Waals surface area contributed by atoms with Gasteiger partial charge in [-0.2, -0.15) is 9.97 Å². The van der Waals surface area contributed by atoms with Crippen LogP contribution in [-0.4, -0.2) is 75.8 Å². The maximum Gasteiger partial charge on any atom is 0.322 e. The van der Waals surface area contributed by atoms with Gasteiger partial charge in [-0.3, -0.25) is 15.0 Å². The highest BCUT2D eigenvalue weighted by Gasteiger charge is 2.50. The number of aromatic hydroxyl groups is 1. The van der Waals surface area contributed by atoms with Crippen LogP contribution in [0.2, 0.25) is 0 Å². The minimum Gasteiger partial charge on any atom is -0.508 e. The number of phenolic OH excluding ortho intramolecular Hbond substituents is 1. The van der Waals surface area contributed by atoms with E-state index < -0.39 is 40.5 Å². The zero-order chi connectivity index (χ0) is 34.9. The molecule has 3 N–H and O–H groups in total. The van der Waals surface area contributed by atoms with E-state index >= 15 is 13.2 Å². The van der Waals surface area contributed by atoms with Gasteiger partial charge in [-0.05, 0) is 98.2 Å². The van der Waals surface area contributed by atoms with Crippen molar-refractivity contribution in [2.24, 2.45) is 0 Å². The van der Waals surface area contributed by atoms with Crippen LogP contribution in [-0.2, 0) is 11.2 Å². The fourth-order valence-electron chi connectivity index (χ4n) is 8.58. The third kappa shape index (κ3) is 5.04. The molecule has 3 amide bonds. The van der Waals surface area contributed by atoms with Gasteiger partial charge in [0, 0.05) is 18.5 Å². The molecule has 0 saturated carbocycles. The first-order valence-corrected chi connectivity index (χ1v) is 17.1. The summed E-state index contributed by atoms with van der Waals surface area (Å²) in [6.45, 7) is 6.21. The number of allylic oxidation sites excluding steroid dienone is 1. The van der Waals surface area contributed by atoms with E-state index in [1.54, 1.807) is 11.8 Å². The number of carbonyl (C=O) groups is 2. The van der Waals surface area contributed by atoms with E-state index in [2.05, 4.69) is 26.6 Å². The van der Waals surface area contributed by atoms with E-state index in [0.717, 1.165) is 38.4 Å². The molecule has 50 heavy (non-hydrogen) atoms. The second-order valence-electron chi connectivity index (χ2n) is 13.9. The summed E-state index contributed by atoms with van der Waals surface area (Å²) in [6.07, 6.45) is 6.01. The van der Waals surface area contributed by atoms with Crippen molar-refractivity contribution in [2.45, 2.75) is 63.5 Å². The molecule has 4 saturated heterocycles. The number of ether oxygens (including phenoxy) is 1. The number of halogens is 3. The summed E-state index contributed by atoms with van der Waals surface area (Å²) < 4.78 is 54.9. The smallest absolute Gasteiger partial charge is 0.322 e. The zero-order valence-electron chi connectivity index (χ0n) is 27.8. The summed E-state index contributed by atoms with van der Waals surface area (Å²) in [4.78, 5) is 38.5. The lowest BCUT2D eigenvalue weighted by Crippen LogP contribution is -2.58. The Morgan fingerprint density at radius 3 is 2.64 bits per heavy atom. The van der Waals surface area contributed by atoms with Crippen LogP contribution in [0.25, 0.3) is 32.8 Å². The molecule has 1 aromatic heterocycles. The largest absolute Gasteiger partial charge is 0.508 e. The monoisotopic (exact) mass is 686 g/mol. The van der Waals surface area contributed by atoms with Crippen LogP contribution in [0, 0.1) is 17.5 Å². The number of benzene rings is 3. The number of piperidine rings is 1. The van der Waals surface area contributed by atoms with Crippen molar-refractivity contribution in [3.05, 3.63) is 65.0 Å². The Hall–Kier alpha value is -4.91. The zero-order valence-corrected chi connectivity index (χ0v) is 27.8. The molecule has 8 rings (SSSR count). The molecule has 4 fully saturated rings. The predicted octanol–water partition coefficient (Wildman–Crippen LogP) is 5.88. The molecule has 2 atom stereocenters. The number of phenols is 1. The lowest BCUT2D eigenvalue weighted by molar-refractivity contribution is -0.124. The van der Waals surface area contributed by atoms with E-state index in [4.69, 9.17) is 9.72 Å². The molecule has 0 bridgehead atoms. The maximum absolute atomic E-state index is 17.1. The van der Waals surface area contributed by atoms with Crippen LogP contribution < -0.4 is 20.3 Å². The first kappa shape index (κ1) is 32.3. The van der Waals surface area contributed by atoms with Crippen molar-refractivity contribution in [1.29, 1.82) is 0 Å². The minimum absolute atomic E-state index is 0.0107. The standard InChI is InChI=1S/C37H37F3N6O4/c1-3-20-16-36(9-5-12-46(36)17-20)19-50-35-41-31-25(32(42-35)45-11-6-10-37(18-45)33(48)43-34(49)44-37)15-27(39)29(30(31)40)24-14-22(47)13-21-7-8-26(38)23(4-2)28(21)24/h3,7-8,13-15,47H,4-6,9-12,16-19H2,1-2H3,(H2,43,44,48,49)/b20-3-/t36?,37-/m1/s1. The Morgan fingerprint density at radius 1 is 1.06 bits per heavy atom. The molecular weight excluding hydrogens is 649 g/mol. The molecule has 4 aromatic rings. The Bertz CT molecular complexity index is 2140. The summed E-state index contributed by atoms with van der Waals surface area (Å²) in [5, 5.41) is 16.4. The molecule has 0 aliphatic carbocycles. The molecular formula is C37H37F3N6O4. The number of carbonyl (C=O) groups excluding carboxylic acids is 2. The van der Waals surface area contributed by atoms with Crippen LogP contribution in [0.5, 0.6) is 11.8 Å². The number of nitrogens with zero attached hydrogens (tertiary/aromatic N) is 4. The SMILES string of the molecule is C/C=C1\CN2CCCC2(COc2nc(N3CCC[C@]4(C3)NC(=O)NC4=O)c3cc(F)c(-c4cc(O)cc5ccc(F)c(CC)c45)c(F)c3n2)C1. The number of amides is 3. The number of aromatic nitrogens is 2. The fraction of sp³-hybridized carbons (Fsp3) is 0.405. The van der Waals surface area contributed by atoms with Gasteiger partial charge < -0.3 is 20.1 Å². The van der Waals surface area contributed by atoms with Gasteiger partial charge >= 0.3 is 12.0 Å². The Kier molecular flexibility index (Phi) is 7.66. The van der Waals surface area contributed by atoms with Crippen LogP contribution >= 0.6 is 0 Å². The fourth-order valence-corrected chi connectivity index (χ4v) is 8.58. The van der Waals surface area contributed by atoms with Crippen molar-refractivity contribution in [2.75, 3.05) is 37.7 Å². The number of imide groups is 1. The number of anilines is 1. The number of fused-ring (bicyclic) bond motifs is 3. The van der Waals surface area contributed by atoms with Gasteiger partial charge in [0.2, 0.25) is 0 Å². The lowest BCUT2D eigenvalue weighted by Gasteiger charge is -2.39. The number of hydrogen-bond donors (Lipinski definition) is 3. The van der Waals surface area contributed by atoms with Gasteiger partial charge in [-0.25, -0.2) is 18.0 Å². The van der Waals surface area contributed by atoms with Crippen molar-refractivity contribution < 1.29 is 32.6 Å². The number of nitrogens with one attached hydrogen (secondary N) is 2. The molecule has 10 nitrogen and oxygen atoms in total. The van der Waals surface area contributed by atoms with Crippen LogP contribution in [0.4, 0.5) is 23.8 Å². The average Bonchev–Trinajstić information content (AvgIpc) is 3.73. The number of rotatable bonds is 6. The highest BCUT2D eigenvalue weighted by atomic mass is 19.1. The summed E-state index contributed by atoms with van der Waals surface area (Å²) in [5.41, 5.74) is -0.623. The summed E-state index contributed by atoms with van der Waals surface area (Å²) in [7, 11) is 0. The molecule has 4 aliphatic heterocycles. The van der Waals surface area contributed by atoms with Crippen LogP contribution in [0.15, 0.2) is 42.0 Å². The van der Waals surface area contributed by atoms with Gasteiger partial charge in [0.25, 0.3) is 5.91 Å². The number of hydrogen-bond acceptors (Lipinski definition) is 8. The second kappa shape index (κ2) is 11.9. The summed E-state index contributed by atoms with van der Waals surface area (Å²) in [5.74, 6) is -3.06. The topological polar surface area (TPSA) is 120 Å². The normalized spacial score (nSPS) is 24.5. The van der Waals surface area contributed by atoms with E-state index in [1.807, 2.05) is 6.92 Å². The predicted molar refractivity (Wildman–Crippen MR) is 182 cm³/mol. The van der Waals surface area contributed by atoms with E-state index in [1.165, 1.54) is 29.8 Å². The minimum atomic E-state index is -1.23. The molecule has 260 valence electrons. The van der Waals surface area contributed by atoms with Gasteiger partial charge in [-0.1, -0.05) is 24.6 Å². The molecule has 3 aromatic carbocycles. The molecule has 13 heteroatoms. The maximum atomic E-state index is 17.1. The third-order valence-corrected chi connectivity index (χ3v) is 11.0. The third-order valence-electron chi connectivity index (χ3n) is 11.0. The van der Waals surface area contributed by atoms with E-state index in [-0.39, 0.29) is 70.1 Å². The van der Waals surface area contributed by atoms with E-state index in [0.29, 0.717) is 24.8 Å². The summed E-state index contributed by atoms with van der Waals surface area (Å²) in [6, 6.07) is 5.82. The lowest BCUT2D eigenvalue weighted by atomic mass is 9.89. The van der Waals surface area contributed by atoms with E-state index in [9.17, 15) is 14.7 Å². The molecule has 5 heterocycles. The highest BCUT2D eigenvalue weighted by molar-refractivity contribution is 6.08. The second-order valence-corrected chi connectivity index (χ2v) is 13.9. The van der Waals surface area contributed by atoms with Gasteiger partial charge in [-0.15, -0.1) is 0 Å². The first-order valence-electron chi connectivity index (χ1n) is 17.1. The Balaban J connectivity index is 1.30. The molecule has 1 unspecified atom stereocenters. The highest BCUT2D eigenvalue weighted by Crippen LogP contribution is 2.44. The number of urea groups is 1. The molecule has 1 spiro atoms. The van der Waals surface area contributed by atoms with Crippen molar-refractivity contribution in [3.63, 3.8) is 0 Å². The van der Waals surface area contributed by atoms with Gasteiger partial charge in [0.15, 0.2) is 5.82 Å². The van der Waals surface area contributed by atoms with Crippen LogP contribution in [0.1, 0.15) is 51.5 Å². The Morgan fingerprint density at radius 2 is 1.88 bits per heavy atom. The van der Waals surface area contributed by atoms with Gasteiger partial charge in [0.1, 0.15) is 40.9 Å². The van der Waals surface area contributed by atoms with Crippen molar-refractivity contribution in [1.82, 2.24) is 25.5 Å². The summed E-state index contributed by atoms with van der Waals surface area (Å²) >= 11 is 0. The van der Waals surface area contributed by atoms with Crippen molar-refractivity contribution >= 4 is 39.4 Å². The Labute approximate surface area is 286 Å². The quantitative estimate of drug-likeness (QED) is 0.170. The van der Waals surface area contributed by atoms with Crippen LogP contribution in [0.3, 0.4) is 0 Å². The molecule has 0 radical (unpaired) electrons. The number of aryl methyl sites for hydroxylation is 1. The average molecular weight is 687 g/mol.